The highest BCUT2D eigenvalue weighted by Gasteiger charge is 2.30. The van der Waals surface area contributed by atoms with Crippen LogP contribution in [0, 0.1) is 13.8 Å². The first-order valence-corrected chi connectivity index (χ1v) is 12.7. The number of hydrogen-bond donors (Lipinski definition) is 0. The first-order chi connectivity index (χ1) is 16.9. The Labute approximate surface area is 220 Å². The number of carbonyl (C=O) groups excluding carboxylic acids is 3. The lowest BCUT2D eigenvalue weighted by Crippen LogP contribution is -2.43. The van der Waals surface area contributed by atoms with Gasteiger partial charge >= 0.3 is 0 Å². The second kappa shape index (κ2) is 11.0. The second-order valence-electron chi connectivity index (χ2n) is 8.93. The molecule has 0 bridgehead atoms. The van der Waals surface area contributed by atoms with Crippen LogP contribution in [-0.2, 0) is 14.3 Å². The quantitative estimate of drug-likeness (QED) is 0.450. The molecule has 2 saturated heterocycles. The van der Waals surface area contributed by atoms with E-state index in [1.165, 1.54) is 21.8 Å². The van der Waals surface area contributed by atoms with E-state index in [0.717, 1.165) is 35.4 Å². The van der Waals surface area contributed by atoms with Crippen LogP contribution in [0.5, 0.6) is 0 Å². The van der Waals surface area contributed by atoms with Gasteiger partial charge in [0.2, 0.25) is 11.8 Å². The average molecular weight is 529 g/mol. The number of fused-ring (bicyclic) bond motifs is 1. The molecular formula is C26H29ClN4O4S. The summed E-state index contributed by atoms with van der Waals surface area (Å²) in [5, 5.41) is 0.668. The molecule has 0 N–H and O–H groups in total. The zero-order valence-corrected chi connectivity index (χ0v) is 22.0. The van der Waals surface area contributed by atoms with E-state index in [-0.39, 0.29) is 43.0 Å². The molecule has 0 atom stereocenters. The van der Waals surface area contributed by atoms with E-state index in [1.54, 1.807) is 29.2 Å². The molecule has 0 aliphatic carbocycles. The number of carbonyl (C=O) groups is 3. The van der Waals surface area contributed by atoms with E-state index < -0.39 is 0 Å². The molecule has 5 rings (SSSR count). The minimum absolute atomic E-state index is 0. The van der Waals surface area contributed by atoms with Gasteiger partial charge in [0.15, 0.2) is 5.13 Å². The van der Waals surface area contributed by atoms with Gasteiger partial charge in [-0.15, -0.1) is 12.4 Å². The predicted molar refractivity (Wildman–Crippen MR) is 143 cm³/mol. The van der Waals surface area contributed by atoms with Crippen LogP contribution in [0.1, 0.15) is 34.3 Å². The third kappa shape index (κ3) is 5.15. The zero-order chi connectivity index (χ0) is 24.5. The number of morpholine rings is 1. The van der Waals surface area contributed by atoms with E-state index in [1.807, 2.05) is 0 Å². The molecule has 3 aromatic rings. The highest BCUT2D eigenvalue weighted by atomic mass is 35.5. The van der Waals surface area contributed by atoms with Crippen LogP contribution in [0.3, 0.4) is 0 Å². The predicted octanol–water partition coefficient (Wildman–Crippen LogP) is 3.97. The van der Waals surface area contributed by atoms with E-state index in [4.69, 9.17) is 9.72 Å². The summed E-state index contributed by atoms with van der Waals surface area (Å²) in [6, 6.07) is 10.8. The molecule has 190 valence electrons. The number of aryl methyl sites for hydroxylation is 2. The number of rotatable bonds is 6. The van der Waals surface area contributed by atoms with Crippen molar-refractivity contribution in [2.24, 2.45) is 0 Å². The number of ether oxygens (including phenoxy) is 1. The highest BCUT2D eigenvalue weighted by Crippen LogP contribution is 2.33. The molecular weight excluding hydrogens is 500 g/mol. The fourth-order valence-electron chi connectivity index (χ4n) is 4.45. The van der Waals surface area contributed by atoms with Crippen molar-refractivity contribution < 1.29 is 19.1 Å². The topological polar surface area (TPSA) is 83.0 Å². The van der Waals surface area contributed by atoms with Gasteiger partial charge in [-0.05, 0) is 55.3 Å². The molecule has 0 radical (unpaired) electrons. The maximum atomic E-state index is 13.7. The number of imide groups is 1. The zero-order valence-electron chi connectivity index (χ0n) is 20.4. The van der Waals surface area contributed by atoms with Crippen molar-refractivity contribution in [2.75, 3.05) is 49.2 Å². The lowest BCUT2D eigenvalue weighted by atomic mass is 10.1. The van der Waals surface area contributed by atoms with Crippen molar-refractivity contribution >= 4 is 62.5 Å². The molecule has 2 aromatic carbocycles. The SMILES string of the molecule is Cc1ccc2sc(N(CCN3CCOCC3)C(=O)c3ccc(N4C(=O)CCC4=O)cc3)nc2c1C.Cl. The fraction of sp³-hybridized carbons (Fsp3) is 0.385. The van der Waals surface area contributed by atoms with Crippen molar-refractivity contribution in [3.63, 3.8) is 0 Å². The summed E-state index contributed by atoms with van der Waals surface area (Å²) in [5.41, 5.74) is 4.20. The largest absolute Gasteiger partial charge is 0.379 e. The van der Waals surface area contributed by atoms with Gasteiger partial charge in [-0.25, -0.2) is 4.98 Å². The van der Waals surface area contributed by atoms with Crippen molar-refractivity contribution in [1.29, 1.82) is 0 Å². The minimum atomic E-state index is -0.207. The van der Waals surface area contributed by atoms with Crippen LogP contribution in [0.2, 0.25) is 0 Å². The lowest BCUT2D eigenvalue weighted by Gasteiger charge is -2.29. The summed E-state index contributed by atoms with van der Waals surface area (Å²) in [6.45, 7) is 8.41. The molecule has 10 heteroatoms. The molecule has 36 heavy (non-hydrogen) atoms. The van der Waals surface area contributed by atoms with Crippen LogP contribution in [-0.4, -0.2) is 67.0 Å². The molecule has 3 amide bonds. The summed E-state index contributed by atoms with van der Waals surface area (Å²) in [6.07, 6.45) is 0.455. The molecule has 2 fully saturated rings. The number of nitrogens with zero attached hydrogens (tertiary/aromatic N) is 4. The number of halogens is 1. The van der Waals surface area contributed by atoms with Crippen molar-refractivity contribution in [3.8, 4) is 0 Å². The standard InChI is InChI=1S/C26H28N4O4S.ClH/c1-17-3-8-21-24(18(17)2)27-26(35-21)29(12-11-28-13-15-34-16-14-28)25(33)19-4-6-20(7-5-19)30-22(31)9-10-23(30)32;/h3-8H,9-16H2,1-2H3;1H. The summed E-state index contributed by atoms with van der Waals surface area (Å²) in [7, 11) is 0. The third-order valence-corrected chi connectivity index (χ3v) is 7.76. The number of anilines is 2. The fourth-order valence-corrected chi connectivity index (χ4v) is 5.50. The van der Waals surface area contributed by atoms with E-state index >= 15 is 0 Å². The summed E-state index contributed by atoms with van der Waals surface area (Å²) in [5.74, 6) is -0.569. The maximum absolute atomic E-state index is 13.7. The van der Waals surface area contributed by atoms with Crippen LogP contribution in [0.4, 0.5) is 10.8 Å². The highest BCUT2D eigenvalue weighted by molar-refractivity contribution is 7.22. The van der Waals surface area contributed by atoms with Crippen LogP contribution in [0.25, 0.3) is 10.2 Å². The first kappa shape index (κ1) is 26.2. The van der Waals surface area contributed by atoms with Gasteiger partial charge < -0.3 is 4.74 Å². The summed E-state index contributed by atoms with van der Waals surface area (Å²) in [4.78, 5) is 48.0. The minimum Gasteiger partial charge on any atom is -0.379 e. The van der Waals surface area contributed by atoms with Gasteiger partial charge in [0.1, 0.15) is 0 Å². The molecule has 2 aliphatic rings. The third-order valence-electron chi connectivity index (χ3n) is 6.72. The van der Waals surface area contributed by atoms with E-state index in [9.17, 15) is 14.4 Å². The number of thiazole rings is 1. The number of benzene rings is 2. The smallest absolute Gasteiger partial charge is 0.260 e. The normalized spacial score (nSPS) is 16.4. The van der Waals surface area contributed by atoms with E-state index in [2.05, 4.69) is 30.9 Å². The Balaban J connectivity index is 0.00000304. The van der Waals surface area contributed by atoms with Gasteiger partial charge in [0.05, 0.1) is 29.1 Å². The first-order valence-electron chi connectivity index (χ1n) is 11.9. The number of aromatic nitrogens is 1. The van der Waals surface area contributed by atoms with Gasteiger partial charge in [0, 0.05) is 44.6 Å². The van der Waals surface area contributed by atoms with Gasteiger partial charge in [-0.2, -0.15) is 0 Å². The average Bonchev–Trinajstić information content (AvgIpc) is 3.45. The van der Waals surface area contributed by atoms with Crippen molar-refractivity contribution in [1.82, 2.24) is 9.88 Å². The Bertz CT molecular complexity index is 1270. The maximum Gasteiger partial charge on any atom is 0.260 e. The van der Waals surface area contributed by atoms with E-state index in [0.29, 0.717) is 36.1 Å². The number of amides is 3. The molecule has 0 saturated carbocycles. The molecule has 0 unspecified atom stereocenters. The molecule has 2 aliphatic heterocycles. The molecule has 0 spiro atoms. The monoisotopic (exact) mass is 528 g/mol. The van der Waals surface area contributed by atoms with Gasteiger partial charge in [-0.1, -0.05) is 17.4 Å². The van der Waals surface area contributed by atoms with Crippen molar-refractivity contribution in [3.05, 3.63) is 53.1 Å². The Morgan fingerprint density at radius 3 is 2.36 bits per heavy atom. The Morgan fingerprint density at radius 1 is 1.03 bits per heavy atom. The van der Waals surface area contributed by atoms with Gasteiger partial charge in [0.25, 0.3) is 5.91 Å². The van der Waals surface area contributed by atoms with Crippen molar-refractivity contribution in [2.45, 2.75) is 26.7 Å². The molecule has 3 heterocycles. The Hall–Kier alpha value is -2.85. The summed E-state index contributed by atoms with van der Waals surface area (Å²) >= 11 is 1.52. The van der Waals surface area contributed by atoms with Crippen LogP contribution in [0.15, 0.2) is 36.4 Å². The Kier molecular flexibility index (Phi) is 8.04. The lowest BCUT2D eigenvalue weighted by molar-refractivity contribution is -0.121. The second-order valence-corrected chi connectivity index (χ2v) is 9.94. The van der Waals surface area contributed by atoms with Gasteiger partial charge in [-0.3, -0.25) is 29.1 Å². The summed E-state index contributed by atoms with van der Waals surface area (Å²) < 4.78 is 6.51. The number of hydrogen-bond acceptors (Lipinski definition) is 7. The van der Waals surface area contributed by atoms with Crippen LogP contribution >= 0.6 is 23.7 Å². The van der Waals surface area contributed by atoms with Crippen LogP contribution < -0.4 is 9.80 Å². The molecule has 8 nitrogen and oxygen atoms in total. The Morgan fingerprint density at radius 2 is 1.69 bits per heavy atom. The molecule has 1 aromatic heterocycles.